The molecule has 4 rings (SSSR count). The van der Waals surface area contributed by atoms with E-state index in [1.165, 1.54) is 5.56 Å². The Kier molecular flexibility index (Phi) is 6.02. The molecular formula is C23H28N2O4. The van der Waals surface area contributed by atoms with Gasteiger partial charge in [0, 0.05) is 25.6 Å². The molecule has 6 heteroatoms. The first-order chi connectivity index (χ1) is 14.1. The molecule has 0 saturated carbocycles. The molecule has 154 valence electrons. The van der Waals surface area contributed by atoms with Gasteiger partial charge in [-0.15, -0.1) is 0 Å². The average molecular weight is 396 g/mol. The second-order valence-corrected chi connectivity index (χ2v) is 7.91. The number of nitrogens with zero attached hydrogens (tertiary/aromatic N) is 1. The first-order valence-electron chi connectivity index (χ1n) is 10.2. The Morgan fingerprint density at radius 2 is 1.90 bits per heavy atom. The summed E-state index contributed by atoms with van der Waals surface area (Å²) in [6.07, 6.45) is 1.26. The second kappa shape index (κ2) is 8.84. The van der Waals surface area contributed by atoms with Crippen molar-refractivity contribution in [2.75, 3.05) is 26.3 Å². The Hall–Kier alpha value is -2.57. The molecule has 3 atom stereocenters. The van der Waals surface area contributed by atoms with E-state index in [9.17, 15) is 9.90 Å². The number of aliphatic hydroxyl groups is 1. The van der Waals surface area contributed by atoms with E-state index in [0.29, 0.717) is 13.0 Å². The fraction of sp³-hybridized carbons (Fsp3) is 0.435. The van der Waals surface area contributed by atoms with Crippen molar-refractivity contribution in [3.8, 4) is 11.5 Å². The minimum atomic E-state index is -0.247. The van der Waals surface area contributed by atoms with Crippen LogP contribution in [0, 0.1) is 11.8 Å². The molecule has 1 amide bonds. The van der Waals surface area contributed by atoms with Crippen LogP contribution in [-0.4, -0.2) is 42.2 Å². The first kappa shape index (κ1) is 19.7. The highest BCUT2D eigenvalue weighted by Crippen LogP contribution is 2.36. The number of primary amides is 1. The number of likely N-dealkylation sites (tertiary alicyclic amines) is 1. The summed E-state index contributed by atoms with van der Waals surface area (Å²) in [5.74, 6) is 1.31. The Bertz CT molecular complexity index is 839. The van der Waals surface area contributed by atoms with Crippen LogP contribution >= 0.6 is 0 Å². The van der Waals surface area contributed by atoms with E-state index in [2.05, 4.69) is 29.2 Å². The third-order valence-corrected chi connectivity index (χ3v) is 5.95. The van der Waals surface area contributed by atoms with Crippen LogP contribution in [0.5, 0.6) is 11.5 Å². The predicted octanol–water partition coefficient (Wildman–Crippen LogP) is 2.50. The molecule has 0 aromatic heterocycles. The quantitative estimate of drug-likeness (QED) is 0.784. The van der Waals surface area contributed by atoms with Gasteiger partial charge in [0.25, 0.3) is 0 Å². The Morgan fingerprint density at radius 3 is 2.62 bits per heavy atom. The number of benzene rings is 2. The normalized spacial score (nSPS) is 24.2. The Balaban J connectivity index is 1.37. The van der Waals surface area contributed by atoms with Crippen molar-refractivity contribution in [2.45, 2.75) is 25.5 Å². The number of hydrogen-bond donors (Lipinski definition) is 2. The lowest BCUT2D eigenvalue weighted by molar-refractivity contribution is -0.125. The largest absolute Gasteiger partial charge is 0.485 e. The van der Waals surface area contributed by atoms with Crippen molar-refractivity contribution < 1.29 is 19.4 Å². The molecule has 29 heavy (non-hydrogen) atoms. The highest BCUT2D eigenvalue weighted by atomic mass is 16.6. The summed E-state index contributed by atoms with van der Waals surface area (Å²) in [7, 11) is 0. The standard InChI is InChI=1S/C23H28N2O4/c24-23(27)19-9-11-25(14-18(19)10-12-26)13-16-5-7-17(8-6-16)22-15-28-20-3-1-2-4-21(20)29-22/h1-8,18-19,22,26H,9-15H2,(H2,24,27). The molecule has 2 aliphatic heterocycles. The molecule has 2 aliphatic rings. The minimum absolute atomic E-state index is 0.0869. The molecule has 0 radical (unpaired) electrons. The number of hydrogen-bond acceptors (Lipinski definition) is 5. The Morgan fingerprint density at radius 1 is 1.14 bits per heavy atom. The van der Waals surface area contributed by atoms with E-state index in [-0.39, 0.29) is 30.5 Å². The van der Waals surface area contributed by atoms with Crippen LogP contribution in [0.15, 0.2) is 48.5 Å². The topological polar surface area (TPSA) is 85.0 Å². The molecule has 1 fully saturated rings. The SMILES string of the molecule is NC(=O)C1CCN(Cc2ccc(C3COc4ccccc4O3)cc2)CC1CCO. The van der Waals surface area contributed by atoms with Gasteiger partial charge in [0.1, 0.15) is 6.61 Å². The molecule has 3 N–H and O–H groups in total. The van der Waals surface area contributed by atoms with Gasteiger partial charge in [0.2, 0.25) is 5.91 Å². The van der Waals surface area contributed by atoms with Gasteiger partial charge in [-0.1, -0.05) is 36.4 Å². The van der Waals surface area contributed by atoms with Gasteiger partial charge < -0.3 is 20.3 Å². The van der Waals surface area contributed by atoms with E-state index in [1.807, 2.05) is 24.3 Å². The number of amides is 1. The van der Waals surface area contributed by atoms with Crippen molar-refractivity contribution in [3.05, 3.63) is 59.7 Å². The van der Waals surface area contributed by atoms with Crippen LogP contribution in [0.3, 0.4) is 0 Å². The Labute approximate surface area is 171 Å². The highest BCUT2D eigenvalue weighted by Gasteiger charge is 2.32. The number of ether oxygens (including phenoxy) is 2. The molecule has 2 aromatic rings. The van der Waals surface area contributed by atoms with Crippen molar-refractivity contribution in [1.82, 2.24) is 4.90 Å². The van der Waals surface area contributed by atoms with Crippen molar-refractivity contribution >= 4 is 5.91 Å². The third-order valence-electron chi connectivity index (χ3n) is 5.95. The van der Waals surface area contributed by atoms with Crippen LogP contribution < -0.4 is 15.2 Å². The fourth-order valence-electron chi connectivity index (χ4n) is 4.36. The fourth-order valence-corrected chi connectivity index (χ4v) is 4.36. The lowest BCUT2D eigenvalue weighted by Gasteiger charge is -2.37. The maximum atomic E-state index is 11.7. The van der Waals surface area contributed by atoms with Crippen LogP contribution in [0.1, 0.15) is 30.1 Å². The number of piperidine rings is 1. The molecule has 6 nitrogen and oxygen atoms in total. The van der Waals surface area contributed by atoms with Crippen LogP contribution in [0.2, 0.25) is 0 Å². The van der Waals surface area contributed by atoms with Gasteiger partial charge in [-0.05, 0) is 48.6 Å². The van der Waals surface area contributed by atoms with Gasteiger partial charge in [-0.3, -0.25) is 9.69 Å². The summed E-state index contributed by atoms with van der Waals surface area (Å²) in [5, 5.41) is 9.32. The molecule has 0 aliphatic carbocycles. The highest BCUT2D eigenvalue weighted by molar-refractivity contribution is 5.77. The van der Waals surface area contributed by atoms with E-state index >= 15 is 0 Å². The molecular weight excluding hydrogens is 368 g/mol. The maximum Gasteiger partial charge on any atom is 0.220 e. The lowest BCUT2D eigenvalue weighted by Crippen LogP contribution is -2.45. The molecule has 1 saturated heterocycles. The van der Waals surface area contributed by atoms with Crippen molar-refractivity contribution in [1.29, 1.82) is 0 Å². The second-order valence-electron chi connectivity index (χ2n) is 7.91. The average Bonchev–Trinajstić information content (AvgIpc) is 2.74. The number of nitrogens with two attached hydrogens (primary N) is 1. The smallest absolute Gasteiger partial charge is 0.220 e. The summed E-state index contributed by atoms with van der Waals surface area (Å²) in [5.41, 5.74) is 7.85. The first-order valence-corrected chi connectivity index (χ1v) is 10.2. The number of carbonyl (C=O) groups excluding carboxylic acids is 1. The van der Waals surface area contributed by atoms with E-state index in [0.717, 1.165) is 43.1 Å². The van der Waals surface area contributed by atoms with Crippen molar-refractivity contribution in [3.63, 3.8) is 0 Å². The molecule has 3 unspecified atom stereocenters. The van der Waals surface area contributed by atoms with Gasteiger partial charge in [0.15, 0.2) is 17.6 Å². The summed E-state index contributed by atoms with van der Waals surface area (Å²) in [6.45, 7) is 3.03. The summed E-state index contributed by atoms with van der Waals surface area (Å²) in [6, 6.07) is 16.2. The summed E-state index contributed by atoms with van der Waals surface area (Å²) >= 11 is 0. The molecule has 2 heterocycles. The van der Waals surface area contributed by atoms with E-state index < -0.39 is 0 Å². The zero-order valence-electron chi connectivity index (χ0n) is 16.5. The molecule has 2 aromatic carbocycles. The van der Waals surface area contributed by atoms with Gasteiger partial charge in [-0.25, -0.2) is 0 Å². The number of para-hydroxylation sites is 2. The van der Waals surface area contributed by atoms with Gasteiger partial charge >= 0.3 is 0 Å². The lowest BCUT2D eigenvalue weighted by atomic mass is 9.83. The number of fused-ring (bicyclic) bond motifs is 1. The number of aliphatic hydroxyl groups excluding tert-OH is 1. The van der Waals surface area contributed by atoms with Crippen molar-refractivity contribution in [2.24, 2.45) is 17.6 Å². The molecule has 0 spiro atoms. The monoisotopic (exact) mass is 396 g/mol. The summed E-state index contributed by atoms with van der Waals surface area (Å²) in [4.78, 5) is 14.0. The van der Waals surface area contributed by atoms with Crippen LogP contribution in [0.4, 0.5) is 0 Å². The maximum absolute atomic E-state index is 11.7. The van der Waals surface area contributed by atoms with E-state index in [4.69, 9.17) is 15.2 Å². The number of carbonyl (C=O) groups is 1. The third kappa shape index (κ3) is 4.54. The zero-order valence-corrected chi connectivity index (χ0v) is 16.5. The zero-order chi connectivity index (χ0) is 20.2. The number of rotatable bonds is 6. The minimum Gasteiger partial charge on any atom is -0.485 e. The predicted molar refractivity (Wildman–Crippen MR) is 110 cm³/mol. The summed E-state index contributed by atoms with van der Waals surface area (Å²) < 4.78 is 11.9. The van der Waals surface area contributed by atoms with Crippen LogP contribution in [0.25, 0.3) is 0 Å². The van der Waals surface area contributed by atoms with Gasteiger partial charge in [-0.2, -0.15) is 0 Å². The van der Waals surface area contributed by atoms with Crippen LogP contribution in [-0.2, 0) is 11.3 Å². The molecule has 0 bridgehead atoms. The van der Waals surface area contributed by atoms with Gasteiger partial charge in [0.05, 0.1) is 0 Å². The van der Waals surface area contributed by atoms with E-state index in [1.54, 1.807) is 0 Å².